The standard InChI is InChI=1S/C15H15F5N2O3/c1-25-14(15(18,19)20)6-3-7-22(8-14)13(24)12(23)21-10-5-2-4-9(16)11(10)17/h2,4-5H,3,6-8H2,1H3,(H,21,23). The lowest BCUT2D eigenvalue weighted by molar-refractivity contribution is -0.282. The number of benzene rings is 1. The molecule has 0 spiro atoms. The first kappa shape index (κ1) is 19.1. The SMILES string of the molecule is COC1(C(F)(F)F)CCCN(C(=O)C(=O)Nc2cccc(F)c2F)C1. The number of halogens is 5. The predicted octanol–water partition coefficient (Wildman–Crippen LogP) is 2.47. The molecule has 1 heterocycles. The van der Waals surface area contributed by atoms with Crippen LogP contribution in [0.25, 0.3) is 0 Å². The van der Waals surface area contributed by atoms with Crippen LogP contribution in [0.1, 0.15) is 12.8 Å². The van der Waals surface area contributed by atoms with Gasteiger partial charge in [-0.15, -0.1) is 0 Å². The van der Waals surface area contributed by atoms with E-state index in [1.54, 1.807) is 0 Å². The highest BCUT2D eigenvalue weighted by atomic mass is 19.4. The number of hydrogen-bond donors (Lipinski definition) is 1. The summed E-state index contributed by atoms with van der Waals surface area (Å²) in [5, 5.41) is 1.87. The lowest BCUT2D eigenvalue weighted by Gasteiger charge is -2.42. The summed E-state index contributed by atoms with van der Waals surface area (Å²) >= 11 is 0. The zero-order valence-corrected chi connectivity index (χ0v) is 13.1. The van der Waals surface area contributed by atoms with E-state index < -0.39 is 47.5 Å². The molecule has 138 valence electrons. The summed E-state index contributed by atoms with van der Waals surface area (Å²) < 4.78 is 70.9. The molecule has 0 aliphatic carbocycles. The molecule has 1 saturated heterocycles. The van der Waals surface area contributed by atoms with Gasteiger partial charge in [0.2, 0.25) is 0 Å². The van der Waals surface area contributed by atoms with Crippen LogP contribution in [0.5, 0.6) is 0 Å². The minimum Gasteiger partial charge on any atom is -0.367 e. The van der Waals surface area contributed by atoms with Crippen molar-refractivity contribution in [3.05, 3.63) is 29.8 Å². The van der Waals surface area contributed by atoms with E-state index in [2.05, 4.69) is 4.74 Å². The van der Waals surface area contributed by atoms with E-state index in [0.29, 0.717) is 4.90 Å². The van der Waals surface area contributed by atoms with Crippen LogP contribution in [-0.2, 0) is 14.3 Å². The van der Waals surface area contributed by atoms with Crippen LogP contribution in [0.3, 0.4) is 0 Å². The molecule has 1 N–H and O–H groups in total. The fourth-order valence-corrected chi connectivity index (χ4v) is 2.63. The maximum absolute atomic E-state index is 13.5. The number of nitrogens with one attached hydrogen (secondary N) is 1. The van der Waals surface area contributed by atoms with Crippen LogP contribution in [0, 0.1) is 11.6 Å². The van der Waals surface area contributed by atoms with Crippen molar-refractivity contribution < 1.29 is 36.3 Å². The van der Waals surface area contributed by atoms with Crippen molar-refractivity contribution in [2.45, 2.75) is 24.6 Å². The van der Waals surface area contributed by atoms with E-state index in [4.69, 9.17) is 0 Å². The fourth-order valence-electron chi connectivity index (χ4n) is 2.63. The van der Waals surface area contributed by atoms with Gasteiger partial charge in [-0.05, 0) is 25.0 Å². The fraction of sp³-hybridized carbons (Fsp3) is 0.467. The lowest BCUT2D eigenvalue weighted by atomic mass is 9.91. The first-order valence-corrected chi connectivity index (χ1v) is 7.27. The second kappa shape index (κ2) is 6.95. The molecule has 2 rings (SSSR count). The largest absolute Gasteiger partial charge is 0.419 e. The molecule has 10 heteroatoms. The number of nitrogens with zero attached hydrogens (tertiary/aromatic N) is 1. The lowest BCUT2D eigenvalue weighted by Crippen LogP contribution is -2.60. The Balaban J connectivity index is 2.14. The summed E-state index contributed by atoms with van der Waals surface area (Å²) in [6, 6.07) is 2.95. The number of anilines is 1. The van der Waals surface area contributed by atoms with Gasteiger partial charge in [-0.2, -0.15) is 13.2 Å². The van der Waals surface area contributed by atoms with Crippen LogP contribution in [-0.4, -0.2) is 48.7 Å². The molecule has 1 aliphatic heterocycles. The van der Waals surface area contributed by atoms with Gasteiger partial charge in [0.05, 0.1) is 12.2 Å². The Morgan fingerprint density at radius 1 is 1.28 bits per heavy atom. The Labute approximate surface area is 139 Å². The molecule has 1 fully saturated rings. The molecule has 2 amide bonds. The van der Waals surface area contributed by atoms with Gasteiger partial charge in [-0.25, -0.2) is 8.78 Å². The summed E-state index contributed by atoms with van der Waals surface area (Å²) in [5.41, 5.74) is -3.14. The number of hydrogen-bond acceptors (Lipinski definition) is 3. The zero-order chi connectivity index (χ0) is 18.8. The quantitative estimate of drug-likeness (QED) is 0.646. The van der Waals surface area contributed by atoms with Gasteiger partial charge < -0.3 is 15.0 Å². The Kier molecular flexibility index (Phi) is 5.31. The number of ether oxygens (including phenoxy) is 1. The first-order valence-electron chi connectivity index (χ1n) is 7.27. The Morgan fingerprint density at radius 2 is 1.96 bits per heavy atom. The molecule has 25 heavy (non-hydrogen) atoms. The Morgan fingerprint density at radius 3 is 2.56 bits per heavy atom. The average Bonchev–Trinajstić information content (AvgIpc) is 2.57. The van der Waals surface area contributed by atoms with Crippen molar-refractivity contribution in [1.82, 2.24) is 4.90 Å². The average molecular weight is 366 g/mol. The molecule has 1 aliphatic rings. The smallest absolute Gasteiger partial charge is 0.367 e. The van der Waals surface area contributed by atoms with Crippen LogP contribution in [0.15, 0.2) is 18.2 Å². The molecule has 0 radical (unpaired) electrons. The number of methoxy groups -OCH3 is 1. The highest BCUT2D eigenvalue weighted by Gasteiger charge is 2.58. The van der Waals surface area contributed by atoms with Crippen molar-refractivity contribution in [3.63, 3.8) is 0 Å². The van der Waals surface area contributed by atoms with Gasteiger partial charge in [-0.1, -0.05) is 6.07 Å². The van der Waals surface area contributed by atoms with E-state index in [1.165, 1.54) is 0 Å². The van der Waals surface area contributed by atoms with Gasteiger partial charge in [0.25, 0.3) is 0 Å². The molecule has 0 bridgehead atoms. The zero-order valence-electron chi connectivity index (χ0n) is 13.1. The molecular formula is C15H15F5N2O3. The van der Waals surface area contributed by atoms with Gasteiger partial charge >= 0.3 is 18.0 Å². The van der Waals surface area contributed by atoms with Gasteiger partial charge in [-0.3, -0.25) is 9.59 Å². The van der Waals surface area contributed by atoms with Crippen LogP contribution in [0.4, 0.5) is 27.6 Å². The van der Waals surface area contributed by atoms with Crippen LogP contribution >= 0.6 is 0 Å². The summed E-state index contributed by atoms with van der Waals surface area (Å²) in [6.07, 6.45) is -5.11. The van der Waals surface area contributed by atoms with Crippen molar-refractivity contribution in [1.29, 1.82) is 0 Å². The number of rotatable bonds is 2. The first-order chi connectivity index (χ1) is 11.6. The molecular weight excluding hydrogens is 351 g/mol. The van der Waals surface area contributed by atoms with Crippen molar-refractivity contribution >= 4 is 17.5 Å². The number of carbonyl (C=O) groups is 2. The van der Waals surface area contributed by atoms with Crippen molar-refractivity contribution in [3.8, 4) is 0 Å². The van der Waals surface area contributed by atoms with E-state index in [1.807, 2.05) is 5.32 Å². The molecule has 0 saturated carbocycles. The Hall–Kier alpha value is -2.23. The number of amides is 2. The van der Waals surface area contributed by atoms with Crippen LogP contribution in [0.2, 0.25) is 0 Å². The van der Waals surface area contributed by atoms with Crippen LogP contribution < -0.4 is 5.32 Å². The summed E-state index contributed by atoms with van der Waals surface area (Å²) in [5.74, 6) is -5.25. The number of carbonyl (C=O) groups excluding carboxylic acids is 2. The topological polar surface area (TPSA) is 58.6 Å². The maximum Gasteiger partial charge on any atom is 0.419 e. The van der Waals surface area contributed by atoms with E-state index >= 15 is 0 Å². The number of piperidine rings is 1. The number of alkyl halides is 3. The van der Waals surface area contributed by atoms with Crippen molar-refractivity contribution in [2.24, 2.45) is 0 Å². The maximum atomic E-state index is 13.5. The summed E-state index contributed by atoms with van der Waals surface area (Å²) in [7, 11) is 0.879. The highest BCUT2D eigenvalue weighted by Crippen LogP contribution is 2.40. The third-order valence-electron chi connectivity index (χ3n) is 4.04. The van der Waals surface area contributed by atoms with Gasteiger partial charge in [0.15, 0.2) is 17.2 Å². The van der Waals surface area contributed by atoms with Crippen molar-refractivity contribution in [2.75, 3.05) is 25.5 Å². The molecule has 1 aromatic carbocycles. The minimum atomic E-state index is -4.73. The highest BCUT2D eigenvalue weighted by molar-refractivity contribution is 6.39. The third kappa shape index (κ3) is 3.73. The van der Waals surface area contributed by atoms with Gasteiger partial charge in [0, 0.05) is 13.7 Å². The van der Waals surface area contributed by atoms with E-state index in [9.17, 15) is 31.5 Å². The Bertz CT molecular complexity index is 680. The van der Waals surface area contributed by atoms with E-state index in [-0.39, 0.29) is 19.4 Å². The third-order valence-corrected chi connectivity index (χ3v) is 4.04. The molecule has 5 nitrogen and oxygen atoms in total. The molecule has 1 aromatic rings. The normalized spacial score (nSPS) is 21.1. The molecule has 1 atom stereocenters. The molecule has 1 unspecified atom stereocenters. The predicted molar refractivity (Wildman–Crippen MR) is 76.6 cm³/mol. The second-order valence-corrected chi connectivity index (χ2v) is 5.58. The monoisotopic (exact) mass is 366 g/mol. The summed E-state index contributed by atoms with van der Waals surface area (Å²) in [6.45, 7) is -0.941. The second-order valence-electron chi connectivity index (χ2n) is 5.58. The van der Waals surface area contributed by atoms with E-state index in [0.717, 1.165) is 25.3 Å². The number of likely N-dealkylation sites (tertiary alicyclic amines) is 1. The minimum absolute atomic E-state index is 0.0271. The van der Waals surface area contributed by atoms with Gasteiger partial charge in [0.1, 0.15) is 0 Å². The molecule has 0 aromatic heterocycles. The summed E-state index contributed by atoms with van der Waals surface area (Å²) in [4.78, 5) is 24.7.